The monoisotopic (exact) mass is 264 g/mol. The number of nitrogen functional groups attached to an aromatic ring is 1. The Morgan fingerprint density at radius 3 is 3.00 bits per heavy atom. The number of nitrogens with one attached hydrogen (secondary N) is 1. The van der Waals surface area contributed by atoms with E-state index in [2.05, 4.69) is 12.2 Å². The molecule has 0 aliphatic carbocycles. The third-order valence-corrected chi connectivity index (χ3v) is 3.56. The molecule has 1 saturated heterocycles. The Hall–Kier alpha value is -1.75. The van der Waals surface area contributed by atoms with Gasteiger partial charge in [-0.15, -0.1) is 0 Å². The maximum Gasteiger partial charge on any atom is 0.337 e. The molecule has 1 heterocycles. The highest BCUT2D eigenvalue weighted by Gasteiger charge is 2.24. The minimum absolute atomic E-state index is 0.262. The number of carbonyl (C=O) groups excluding carboxylic acids is 1. The number of methoxy groups -OCH3 is 1. The van der Waals surface area contributed by atoms with E-state index in [1.54, 1.807) is 18.2 Å². The maximum absolute atomic E-state index is 11.5. The fourth-order valence-electron chi connectivity index (χ4n) is 2.24. The Kier molecular flexibility index (Phi) is 4.27. The molecule has 2 unspecified atom stereocenters. The number of rotatable bonds is 4. The van der Waals surface area contributed by atoms with E-state index in [4.69, 9.17) is 15.2 Å². The molecule has 3 N–H and O–H groups in total. The minimum atomic E-state index is -0.361. The Bertz CT molecular complexity index is 462. The topological polar surface area (TPSA) is 73.6 Å². The SMILES string of the molecule is COC(=O)c1ccc(N)c(NCC2CCOC2C)c1. The summed E-state index contributed by atoms with van der Waals surface area (Å²) in [6.07, 6.45) is 1.31. The summed E-state index contributed by atoms with van der Waals surface area (Å²) >= 11 is 0. The van der Waals surface area contributed by atoms with Crippen LogP contribution in [-0.2, 0) is 9.47 Å². The quantitative estimate of drug-likeness (QED) is 0.641. The van der Waals surface area contributed by atoms with Crippen LogP contribution in [0.15, 0.2) is 18.2 Å². The van der Waals surface area contributed by atoms with Crippen LogP contribution in [0.1, 0.15) is 23.7 Å². The van der Waals surface area contributed by atoms with Gasteiger partial charge in [0.2, 0.25) is 0 Å². The van der Waals surface area contributed by atoms with Crippen LogP contribution in [0.3, 0.4) is 0 Å². The zero-order chi connectivity index (χ0) is 13.8. The van der Waals surface area contributed by atoms with Crippen molar-refractivity contribution >= 4 is 17.3 Å². The van der Waals surface area contributed by atoms with Crippen molar-refractivity contribution < 1.29 is 14.3 Å². The third kappa shape index (κ3) is 3.17. The zero-order valence-electron chi connectivity index (χ0n) is 11.3. The van der Waals surface area contributed by atoms with Crippen LogP contribution in [-0.4, -0.2) is 32.3 Å². The van der Waals surface area contributed by atoms with Crippen molar-refractivity contribution in [2.24, 2.45) is 5.92 Å². The molecule has 5 nitrogen and oxygen atoms in total. The van der Waals surface area contributed by atoms with Crippen LogP contribution in [0.25, 0.3) is 0 Å². The number of hydrogen-bond donors (Lipinski definition) is 2. The van der Waals surface area contributed by atoms with E-state index in [-0.39, 0.29) is 12.1 Å². The van der Waals surface area contributed by atoms with Gasteiger partial charge in [0, 0.05) is 19.1 Å². The number of anilines is 2. The fraction of sp³-hybridized carbons (Fsp3) is 0.500. The predicted molar refractivity (Wildman–Crippen MR) is 74.2 cm³/mol. The van der Waals surface area contributed by atoms with Crippen LogP contribution >= 0.6 is 0 Å². The zero-order valence-corrected chi connectivity index (χ0v) is 11.3. The van der Waals surface area contributed by atoms with Gasteiger partial charge in [0.1, 0.15) is 0 Å². The first-order valence-electron chi connectivity index (χ1n) is 6.45. The second-order valence-corrected chi connectivity index (χ2v) is 4.80. The number of carbonyl (C=O) groups is 1. The van der Waals surface area contributed by atoms with Crippen molar-refractivity contribution in [2.75, 3.05) is 31.3 Å². The average molecular weight is 264 g/mol. The average Bonchev–Trinajstić information content (AvgIpc) is 2.82. The molecular formula is C14H20N2O3. The Morgan fingerprint density at radius 1 is 1.58 bits per heavy atom. The lowest BCUT2D eigenvalue weighted by Gasteiger charge is -2.17. The van der Waals surface area contributed by atoms with Gasteiger partial charge in [-0.2, -0.15) is 0 Å². The Balaban J connectivity index is 2.04. The normalized spacial score (nSPS) is 22.2. The number of hydrogen-bond acceptors (Lipinski definition) is 5. The number of ether oxygens (including phenoxy) is 2. The van der Waals surface area contributed by atoms with E-state index in [1.807, 2.05) is 0 Å². The van der Waals surface area contributed by atoms with Crippen LogP contribution in [0.2, 0.25) is 0 Å². The summed E-state index contributed by atoms with van der Waals surface area (Å²) in [6, 6.07) is 5.10. The van der Waals surface area contributed by atoms with E-state index < -0.39 is 0 Å². The van der Waals surface area contributed by atoms with Crippen LogP contribution < -0.4 is 11.1 Å². The summed E-state index contributed by atoms with van der Waals surface area (Å²) < 4.78 is 10.2. The lowest BCUT2D eigenvalue weighted by Crippen LogP contribution is -2.21. The second-order valence-electron chi connectivity index (χ2n) is 4.80. The highest BCUT2D eigenvalue weighted by Crippen LogP contribution is 2.24. The fourth-order valence-corrected chi connectivity index (χ4v) is 2.24. The molecule has 0 radical (unpaired) electrons. The number of nitrogens with two attached hydrogens (primary N) is 1. The molecule has 2 rings (SSSR count). The van der Waals surface area contributed by atoms with Crippen LogP contribution in [0.5, 0.6) is 0 Å². The summed E-state index contributed by atoms with van der Waals surface area (Å²) in [5.74, 6) is 0.113. The van der Waals surface area contributed by atoms with E-state index >= 15 is 0 Å². The molecular weight excluding hydrogens is 244 g/mol. The van der Waals surface area contributed by atoms with Crippen LogP contribution in [0.4, 0.5) is 11.4 Å². The molecule has 1 aliphatic rings. The molecule has 5 heteroatoms. The number of benzene rings is 1. The molecule has 0 spiro atoms. The Morgan fingerprint density at radius 2 is 2.37 bits per heavy atom. The molecule has 0 saturated carbocycles. The van der Waals surface area contributed by atoms with Crippen molar-refractivity contribution in [2.45, 2.75) is 19.4 Å². The van der Waals surface area contributed by atoms with Crippen molar-refractivity contribution in [3.8, 4) is 0 Å². The van der Waals surface area contributed by atoms with Crippen molar-refractivity contribution in [1.82, 2.24) is 0 Å². The number of esters is 1. The highest BCUT2D eigenvalue weighted by atomic mass is 16.5. The molecule has 0 amide bonds. The highest BCUT2D eigenvalue weighted by molar-refractivity contribution is 5.91. The van der Waals surface area contributed by atoms with Gasteiger partial charge in [-0.3, -0.25) is 0 Å². The van der Waals surface area contributed by atoms with Crippen LogP contribution in [0, 0.1) is 5.92 Å². The predicted octanol–water partition coefficient (Wildman–Crippen LogP) is 1.89. The first-order valence-corrected chi connectivity index (χ1v) is 6.45. The minimum Gasteiger partial charge on any atom is -0.465 e. The van der Waals surface area contributed by atoms with Crippen molar-refractivity contribution in [3.05, 3.63) is 23.8 Å². The first kappa shape index (κ1) is 13.7. The maximum atomic E-state index is 11.5. The van der Waals surface area contributed by atoms with Crippen molar-refractivity contribution in [3.63, 3.8) is 0 Å². The summed E-state index contributed by atoms with van der Waals surface area (Å²) in [7, 11) is 1.36. The Labute approximate surface area is 113 Å². The van der Waals surface area contributed by atoms with E-state index in [1.165, 1.54) is 7.11 Å². The van der Waals surface area contributed by atoms with E-state index in [9.17, 15) is 4.79 Å². The van der Waals surface area contributed by atoms with Gasteiger partial charge in [0.05, 0.1) is 30.2 Å². The molecule has 104 valence electrons. The smallest absolute Gasteiger partial charge is 0.337 e. The van der Waals surface area contributed by atoms with E-state index in [0.29, 0.717) is 17.2 Å². The molecule has 1 fully saturated rings. The lowest BCUT2D eigenvalue weighted by atomic mass is 10.0. The second kappa shape index (κ2) is 5.93. The largest absolute Gasteiger partial charge is 0.465 e. The standard InChI is InChI=1S/C14H20N2O3/c1-9-11(5-6-19-9)8-16-13-7-10(14(17)18-2)3-4-12(13)15/h3-4,7,9,11,16H,5-6,8,15H2,1-2H3. The summed E-state index contributed by atoms with van der Waals surface area (Å²) in [6.45, 7) is 3.68. The van der Waals surface area contributed by atoms with Gasteiger partial charge in [-0.1, -0.05) is 0 Å². The molecule has 0 aromatic heterocycles. The summed E-state index contributed by atoms with van der Waals surface area (Å²) in [5, 5.41) is 3.29. The summed E-state index contributed by atoms with van der Waals surface area (Å²) in [5.41, 5.74) is 7.79. The lowest BCUT2D eigenvalue weighted by molar-refractivity contribution is 0.0601. The molecule has 1 aliphatic heterocycles. The first-order chi connectivity index (χ1) is 9.11. The van der Waals surface area contributed by atoms with Gasteiger partial charge in [-0.25, -0.2) is 4.79 Å². The van der Waals surface area contributed by atoms with Gasteiger partial charge in [0.25, 0.3) is 0 Å². The molecule has 2 atom stereocenters. The molecule has 1 aromatic carbocycles. The van der Waals surface area contributed by atoms with Crippen molar-refractivity contribution in [1.29, 1.82) is 0 Å². The molecule has 1 aromatic rings. The molecule has 19 heavy (non-hydrogen) atoms. The third-order valence-electron chi connectivity index (χ3n) is 3.56. The van der Waals surface area contributed by atoms with Gasteiger partial charge in [-0.05, 0) is 31.5 Å². The summed E-state index contributed by atoms with van der Waals surface area (Å²) in [4.78, 5) is 11.5. The van der Waals surface area contributed by atoms with Gasteiger partial charge >= 0.3 is 5.97 Å². The van der Waals surface area contributed by atoms with Gasteiger partial charge in [0.15, 0.2) is 0 Å². The van der Waals surface area contributed by atoms with Gasteiger partial charge < -0.3 is 20.5 Å². The molecule has 0 bridgehead atoms. The van der Waals surface area contributed by atoms with E-state index in [0.717, 1.165) is 25.3 Å².